The summed E-state index contributed by atoms with van der Waals surface area (Å²) in [7, 11) is 0. The molecule has 0 atom stereocenters. The molecule has 1 aromatic heterocycles. The molecule has 0 saturated carbocycles. The third-order valence-corrected chi connectivity index (χ3v) is 3.94. The monoisotopic (exact) mass is 362 g/mol. The normalized spacial score (nSPS) is 10.8. The Balaban J connectivity index is 1.54. The van der Waals surface area contributed by atoms with Crippen molar-refractivity contribution in [2.75, 3.05) is 0 Å². The quantitative estimate of drug-likeness (QED) is 0.397. The maximum atomic E-state index is 12.0. The lowest BCUT2D eigenvalue weighted by atomic mass is 10.1. The number of nitro benzene ring substituents is 1. The number of hydrogen-bond acceptors (Lipinski definition) is 4. The molecular weight excluding hydrogens is 344 g/mol. The molecule has 1 N–H and O–H groups in total. The van der Waals surface area contributed by atoms with Gasteiger partial charge in [-0.15, -0.1) is 0 Å². The number of hydrogen-bond donors (Lipinski definition) is 1. The Bertz CT molecular complexity index is 948. The summed E-state index contributed by atoms with van der Waals surface area (Å²) < 4.78 is 1.84. The van der Waals surface area contributed by atoms with Gasteiger partial charge in [-0.25, -0.2) is 0 Å². The van der Waals surface area contributed by atoms with E-state index in [0.29, 0.717) is 18.7 Å². The molecule has 1 heterocycles. The van der Waals surface area contributed by atoms with E-state index in [0.717, 1.165) is 11.1 Å². The van der Waals surface area contributed by atoms with Crippen molar-refractivity contribution in [3.8, 4) is 0 Å². The Hall–Kier alpha value is -3.74. The summed E-state index contributed by atoms with van der Waals surface area (Å²) in [6.07, 6.45) is 6.38. The van der Waals surface area contributed by atoms with Crippen molar-refractivity contribution in [1.29, 1.82) is 0 Å². The van der Waals surface area contributed by atoms with Gasteiger partial charge in [0.2, 0.25) is 5.91 Å². The molecule has 0 saturated heterocycles. The first-order chi connectivity index (χ1) is 13.1. The fraction of sp³-hybridized carbons (Fsp3) is 0.100. The van der Waals surface area contributed by atoms with Gasteiger partial charge in [-0.3, -0.25) is 19.6 Å². The molecule has 7 heteroatoms. The molecule has 3 aromatic rings. The minimum Gasteiger partial charge on any atom is -0.348 e. The van der Waals surface area contributed by atoms with Gasteiger partial charge in [0.25, 0.3) is 5.69 Å². The molecule has 136 valence electrons. The number of para-hydroxylation sites is 1. The second-order valence-electron chi connectivity index (χ2n) is 5.89. The van der Waals surface area contributed by atoms with E-state index >= 15 is 0 Å². The average Bonchev–Trinajstić information content (AvgIpc) is 3.19. The fourth-order valence-corrected chi connectivity index (χ4v) is 2.55. The third kappa shape index (κ3) is 5.12. The standard InChI is InChI=1S/C20H18N4O3/c25-20(11-10-18-4-1-2-5-19(18)24(26)27)21-14-16-6-8-17(9-7-16)15-23-13-3-12-22-23/h1-13H,14-15H2,(H,21,25). The summed E-state index contributed by atoms with van der Waals surface area (Å²) in [5.41, 5.74) is 2.44. The predicted octanol–water partition coefficient (Wildman–Crippen LogP) is 3.17. The lowest BCUT2D eigenvalue weighted by Crippen LogP contribution is -2.20. The molecule has 3 rings (SSSR count). The summed E-state index contributed by atoms with van der Waals surface area (Å²) in [6, 6.07) is 16.0. The number of nitrogens with one attached hydrogen (secondary N) is 1. The van der Waals surface area contributed by atoms with E-state index in [1.165, 1.54) is 18.2 Å². The molecule has 1 amide bonds. The zero-order valence-electron chi connectivity index (χ0n) is 14.5. The van der Waals surface area contributed by atoms with E-state index < -0.39 is 4.92 Å². The summed E-state index contributed by atoms with van der Waals surface area (Å²) >= 11 is 0. The summed E-state index contributed by atoms with van der Waals surface area (Å²) in [5, 5.41) is 17.9. The van der Waals surface area contributed by atoms with Crippen LogP contribution in [-0.2, 0) is 17.9 Å². The molecule has 0 radical (unpaired) electrons. The van der Waals surface area contributed by atoms with Crippen LogP contribution >= 0.6 is 0 Å². The average molecular weight is 362 g/mol. The zero-order chi connectivity index (χ0) is 19.1. The van der Waals surface area contributed by atoms with Gasteiger partial charge in [-0.2, -0.15) is 5.10 Å². The van der Waals surface area contributed by atoms with Crippen LogP contribution in [0.4, 0.5) is 5.69 Å². The van der Waals surface area contributed by atoms with Crippen LogP contribution in [0.25, 0.3) is 6.08 Å². The minimum absolute atomic E-state index is 0.0330. The second kappa shape index (κ2) is 8.57. The fourth-order valence-electron chi connectivity index (χ4n) is 2.55. The van der Waals surface area contributed by atoms with E-state index in [1.807, 2.05) is 41.2 Å². The maximum Gasteiger partial charge on any atom is 0.276 e. The van der Waals surface area contributed by atoms with Crippen molar-refractivity contribution in [3.05, 3.63) is 99.9 Å². The molecule has 0 aliphatic rings. The first-order valence-electron chi connectivity index (χ1n) is 8.36. The van der Waals surface area contributed by atoms with Gasteiger partial charge in [0.1, 0.15) is 0 Å². The Morgan fingerprint density at radius 1 is 1.11 bits per heavy atom. The van der Waals surface area contributed by atoms with Crippen molar-refractivity contribution >= 4 is 17.7 Å². The van der Waals surface area contributed by atoms with E-state index in [-0.39, 0.29) is 11.6 Å². The van der Waals surface area contributed by atoms with Gasteiger partial charge in [-0.05, 0) is 29.3 Å². The van der Waals surface area contributed by atoms with Crippen LogP contribution in [0, 0.1) is 10.1 Å². The third-order valence-electron chi connectivity index (χ3n) is 3.94. The van der Waals surface area contributed by atoms with Gasteiger partial charge in [0, 0.05) is 31.1 Å². The van der Waals surface area contributed by atoms with E-state index in [1.54, 1.807) is 24.4 Å². The molecule has 0 unspecified atom stereocenters. The van der Waals surface area contributed by atoms with Crippen LogP contribution in [0.3, 0.4) is 0 Å². The lowest BCUT2D eigenvalue weighted by Gasteiger charge is -2.05. The smallest absolute Gasteiger partial charge is 0.276 e. The predicted molar refractivity (Wildman–Crippen MR) is 102 cm³/mol. The highest BCUT2D eigenvalue weighted by atomic mass is 16.6. The molecule has 2 aromatic carbocycles. The number of nitro groups is 1. The van der Waals surface area contributed by atoms with Crippen molar-refractivity contribution in [1.82, 2.24) is 15.1 Å². The lowest BCUT2D eigenvalue weighted by molar-refractivity contribution is -0.385. The second-order valence-corrected chi connectivity index (χ2v) is 5.89. The van der Waals surface area contributed by atoms with Gasteiger partial charge in [-0.1, -0.05) is 36.4 Å². The molecule has 0 spiro atoms. The van der Waals surface area contributed by atoms with Crippen molar-refractivity contribution in [2.24, 2.45) is 0 Å². The number of aromatic nitrogens is 2. The molecule has 0 fully saturated rings. The molecule has 0 bridgehead atoms. The molecule has 7 nitrogen and oxygen atoms in total. The Labute approximate surface area is 156 Å². The first-order valence-corrected chi connectivity index (χ1v) is 8.36. The van der Waals surface area contributed by atoms with Crippen molar-refractivity contribution in [2.45, 2.75) is 13.1 Å². The number of rotatable bonds is 7. The van der Waals surface area contributed by atoms with Crippen LogP contribution in [0.15, 0.2) is 73.1 Å². The number of carbonyl (C=O) groups excluding carboxylic acids is 1. The zero-order valence-corrected chi connectivity index (χ0v) is 14.5. The van der Waals surface area contributed by atoms with Crippen LogP contribution in [0.1, 0.15) is 16.7 Å². The largest absolute Gasteiger partial charge is 0.348 e. The van der Waals surface area contributed by atoms with E-state index in [2.05, 4.69) is 10.4 Å². The molecule has 0 aliphatic heterocycles. The van der Waals surface area contributed by atoms with Gasteiger partial charge in [0.05, 0.1) is 17.0 Å². The SMILES string of the molecule is O=C(C=Cc1ccccc1[N+](=O)[O-])NCc1ccc(Cn2cccn2)cc1. The topological polar surface area (TPSA) is 90.1 Å². The van der Waals surface area contributed by atoms with Gasteiger partial charge < -0.3 is 5.32 Å². The highest BCUT2D eigenvalue weighted by Crippen LogP contribution is 2.18. The van der Waals surface area contributed by atoms with Gasteiger partial charge in [0.15, 0.2) is 0 Å². The number of amides is 1. The van der Waals surface area contributed by atoms with Crippen LogP contribution < -0.4 is 5.32 Å². The Morgan fingerprint density at radius 3 is 2.56 bits per heavy atom. The first kappa shape index (κ1) is 18.1. The van der Waals surface area contributed by atoms with E-state index in [9.17, 15) is 14.9 Å². The number of benzene rings is 2. The Kier molecular flexibility index (Phi) is 5.73. The molecule has 27 heavy (non-hydrogen) atoms. The van der Waals surface area contributed by atoms with Crippen molar-refractivity contribution < 1.29 is 9.72 Å². The number of carbonyl (C=O) groups is 1. The van der Waals surface area contributed by atoms with Crippen LogP contribution in [0.5, 0.6) is 0 Å². The highest BCUT2D eigenvalue weighted by molar-refractivity contribution is 5.92. The van der Waals surface area contributed by atoms with Crippen molar-refractivity contribution in [3.63, 3.8) is 0 Å². The minimum atomic E-state index is -0.470. The highest BCUT2D eigenvalue weighted by Gasteiger charge is 2.09. The summed E-state index contributed by atoms with van der Waals surface area (Å²) in [6.45, 7) is 1.07. The van der Waals surface area contributed by atoms with Gasteiger partial charge >= 0.3 is 0 Å². The summed E-state index contributed by atoms with van der Waals surface area (Å²) in [4.78, 5) is 22.5. The maximum absolute atomic E-state index is 12.0. The summed E-state index contributed by atoms with van der Waals surface area (Å²) in [5.74, 6) is -0.311. The van der Waals surface area contributed by atoms with E-state index in [4.69, 9.17) is 0 Å². The van der Waals surface area contributed by atoms with Crippen LogP contribution in [-0.4, -0.2) is 20.6 Å². The number of nitrogens with zero attached hydrogens (tertiary/aromatic N) is 3. The molecule has 0 aliphatic carbocycles. The molecular formula is C20H18N4O3. The van der Waals surface area contributed by atoms with Crippen LogP contribution in [0.2, 0.25) is 0 Å². The Morgan fingerprint density at radius 2 is 1.85 bits per heavy atom.